The van der Waals surface area contributed by atoms with Gasteiger partial charge in [0, 0.05) is 17.3 Å². The number of aromatic nitrogens is 2. The molecule has 0 aliphatic carbocycles. The van der Waals surface area contributed by atoms with Crippen LogP contribution >= 0.6 is 0 Å². The van der Waals surface area contributed by atoms with Gasteiger partial charge in [0.05, 0.1) is 11.9 Å². The van der Waals surface area contributed by atoms with Crippen LogP contribution in [-0.4, -0.2) is 22.1 Å². The lowest BCUT2D eigenvalue weighted by Crippen LogP contribution is -2.43. The fraction of sp³-hybridized carbons (Fsp3) is 0.474. The van der Waals surface area contributed by atoms with Gasteiger partial charge in [-0.05, 0) is 49.9 Å². The zero-order valence-electron chi connectivity index (χ0n) is 15.4. The number of aryl methyl sites for hydroxylation is 1. The third-order valence-electron chi connectivity index (χ3n) is 3.84. The van der Waals surface area contributed by atoms with Crippen LogP contribution < -0.4 is 10.5 Å². The number of rotatable bonds is 6. The molecule has 7 heteroatoms. The number of pyridine rings is 2. The van der Waals surface area contributed by atoms with Crippen molar-refractivity contribution < 1.29 is 17.9 Å². The predicted molar refractivity (Wildman–Crippen MR) is 94.7 cm³/mol. The molecule has 0 spiro atoms. The van der Waals surface area contributed by atoms with Crippen LogP contribution in [0.3, 0.4) is 0 Å². The summed E-state index contributed by atoms with van der Waals surface area (Å²) in [7, 11) is 0. The lowest BCUT2D eigenvalue weighted by molar-refractivity contribution is -0.141. The molecule has 0 radical (unpaired) electrons. The summed E-state index contributed by atoms with van der Waals surface area (Å²) in [6.07, 6.45) is -1.03. The van der Waals surface area contributed by atoms with Crippen molar-refractivity contribution in [2.24, 2.45) is 11.7 Å². The standard InChI is InChI=1S/C19H24F3N3O/c1-12(2)9-18(4,23)11-26-16-10-25-15(7-13(16)3)14-5-6-24-17(8-14)19(20,21)22/h5-8,10,12H,9,11,23H2,1-4H3. The lowest BCUT2D eigenvalue weighted by atomic mass is 9.93. The van der Waals surface area contributed by atoms with Crippen LogP contribution in [0.2, 0.25) is 0 Å². The molecule has 2 rings (SSSR count). The maximum Gasteiger partial charge on any atom is 0.433 e. The highest BCUT2D eigenvalue weighted by Gasteiger charge is 2.32. The smallest absolute Gasteiger partial charge is 0.433 e. The van der Waals surface area contributed by atoms with E-state index in [0.29, 0.717) is 29.5 Å². The van der Waals surface area contributed by atoms with Gasteiger partial charge in [0.2, 0.25) is 0 Å². The Morgan fingerprint density at radius 1 is 1.19 bits per heavy atom. The van der Waals surface area contributed by atoms with E-state index in [2.05, 4.69) is 23.8 Å². The molecule has 0 aliphatic heterocycles. The molecular weight excluding hydrogens is 343 g/mol. The highest BCUT2D eigenvalue weighted by atomic mass is 19.4. The molecule has 0 aliphatic rings. The van der Waals surface area contributed by atoms with E-state index in [1.807, 2.05) is 13.8 Å². The van der Waals surface area contributed by atoms with Crippen molar-refractivity contribution in [1.29, 1.82) is 0 Å². The van der Waals surface area contributed by atoms with Gasteiger partial charge in [-0.3, -0.25) is 9.97 Å². The number of hydrogen-bond donors (Lipinski definition) is 1. The lowest BCUT2D eigenvalue weighted by Gasteiger charge is -2.27. The van der Waals surface area contributed by atoms with E-state index in [4.69, 9.17) is 10.5 Å². The molecule has 0 fully saturated rings. The molecule has 0 saturated carbocycles. The first-order chi connectivity index (χ1) is 12.0. The molecule has 0 saturated heterocycles. The Bertz CT molecular complexity index is 758. The van der Waals surface area contributed by atoms with E-state index in [1.54, 1.807) is 6.07 Å². The number of hydrogen-bond acceptors (Lipinski definition) is 4. The summed E-state index contributed by atoms with van der Waals surface area (Å²) >= 11 is 0. The highest BCUT2D eigenvalue weighted by Crippen LogP contribution is 2.31. The fourth-order valence-corrected chi connectivity index (χ4v) is 2.83. The molecular formula is C19H24F3N3O. The van der Waals surface area contributed by atoms with Crippen molar-refractivity contribution in [3.05, 3.63) is 41.9 Å². The Kier molecular flexibility index (Phi) is 5.91. The topological polar surface area (TPSA) is 61.0 Å². The highest BCUT2D eigenvalue weighted by molar-refractivity contribution is 5.61. The molecule has 1 unspecified atom stereocenters. The molecule has 2 aromatic heterocycles. The van der Waals surface area contributed by atoms with Gasteiger partial charge >= 0.3 is 6.18 Å². The number of ether oxygens (including phenoxy) is 1. The van der Waals surface area contributed by atoms with Crippen LogP contribution in [0.1, 0.15) is 38.4 Å². The van der Waals surface area contributed by atoms with Crippen molar-refractivity contribution in [2.45, 2.75) is 45.8 Å². The largest absolute Gasteiger partial charge is 0.490 e. The van der Waals surface area contributed by atoms with Gasteiger partial charge in [-0.15, -0.1) is 0 Å². The number of halogens is 3. The van der Waals surface area contributed by atoms with Crippen molar-refractivity contribution >= 4 is 0 Å². The van der Waals surface area contributed by atoms with E-state index in [-0.39, 0.29) is 0 Å². The van der Waals surface area contributed by atoms with Crippen molar-refractivity contribution in [2.75, 3.05) is 6.61 Å². The first kappa shape index (κ1) is 20.2. The molecule has 2 heterocycles. The Balaban J connectivity index is 2.17. The third-order valence-corrected chi connectivity index (χ3v) is 3.84. The maximum absolute atomic E-state index is 12.8. The van der Waals surface area contributed by atoms with Crippen LogP contribution in [0.4, 0.5) is 13.2 Å². The molecule has 4 nitrogen and oxygen atoms in total. The van der Waals surface area contributed by atoms with Crippen molar-refractivity contribution in [3.63, 3.8) is 0 Å². The molecule has 0 aromatic carbocycles. The Labute approximate surface area is 151 Å². The molecule has 142 valence electrons. The summed E-state index contributed by atoms with van der Waals surface area (Å²) < 4.78 is 44.2. The molecule has 0 bridgehead atoms. The van der Waals surface area contributed by atoms with Gasteiger partial charge in [-0.25, -0.2) is 0 Å². The normalized spacial score (nSPS) is 14.3. The predicted octanol–water partition coefficient (Wildman–Crippen LogP) is 4.61. The minimum absolute atomic E-state index is 0.334. The third kappa shape index (κ3) is 5.42. The van der Waals surface area contributed by atoms with Crippen LogP contribution in [0.5, 0.6) is 5.75 Å². The number of alkyl halides is 3. The van der Waals surface area contributed by atoms with Crippen molar-refractivity contribution in [3.8, 4) is 17.0 Å². The van der Waals surface area contributed by atoms with Crippen LogP contribution in [0, 0.1) is 12.8 Å². The summed E-state index contributed by atoms with van der Waals surface area (Å²) in [4.78, 5) is 7.60. The summed E-state index contributed by atoms with van der Waals surface area (Å²) in [5, 5.41) is 0. The van der Waals surface area contributed by atoms with Gasteiger partial charge in [-0.1, -0.05) is 13.8 Å². The monoisotopic (exact) mass is 367 g/mol. The summed E-state index contributed by atoms with van der Waals surface area (Å²) in [5.41, 5.74) is 6.39. The Hall–Kier alpha value is -2.15. The summed E-state index contributed by atoms with van der Waals surface area (Å²) in [5.74, 6) is 1.02. The number of nitrogens with zero attached hydrogens (tertiary/aromatic N) is 2. The molecule has 26 heavy (non-hydrogen) atoms. The van der Waals surface area contributed by atoms with Crippen LogP contribution in [-0.2, 0) is 6.18 Å². The van der Waals surface area contributed by atoms with E-state index < -0.39 is 17.4 Å². The molecule has 2 aromatic rings. The first-order valence-corrected chi connectivity index (χ1v) is 8.40. The maximum atomic E-state index is 12.8. The molecule has 1 atom stereocenters. The average molecular weight is 367 g/mol. The number of nitrogens with two attached hydrogens (primary N) is 1. The second-order valence-electron chi connectivity index (χ2n) is 7.30. The van der Waals surface area contributed by atoms with Crippen molar-refractivity contribution in [1.82, 2.24) is 9.97 Å². The minimum Gasteiger partial charge on any atom is -0.490 e. The quantitative estimate of drug-likeness (QED) is 0.810. The van der Waals surface area contributed by atoms with Crippen LogP contribution in [0.15, 0.2) is 30.6 Å². The van der Waals surface area contributed by atoms with E-state index in [0.717, 1.165) is 24.2 Å². The van der Waals surface area contributed by atoms with Crippen LogP contribution in [0.25, 0.3) is 11.3 Å². The average Bonchev–Trinajstić information content (AvgIpc) is 2.52. The summed E-state index contributed by atoms with van der Waals surface area (Å²) in [6, 6.07) is 4.18. The molecule has 0 amide bonds. The molecule has 2 N–H and O–H groups in total. The SMILES string of the molecule is Cc1cc(-c2ccnc(C(F)(F)F)c2)ncc1OCC(C)(N)CC(C)C. The van der Waals surface area contributed by atoms with Gasteiger partial charge in [0.15, 0.2) is 0 Å². The summed E-state index contributed by atoms with van der Waals surface area (Å²) in [6.45, 7) is 8.27. The zero-order chi connectivity index (χ0) is 19.5. The Morgan fingerprint density at radius 2 is 1.88 bits per heavy atom. The van der Waals surface area contributed by atoms with E-state index in [9.17, 15) is 13.2 Å². The van der Waals surface area contributed by atoms with E-state index in [1.165, 1.54) is 12.3 Å². The van der Waals surface area contributed by atoms with Gasteiger partial charge in [0.1, 0.15) is 18.1 Å². The minimum atomic E-state index is -4.49. The van der Waals surface area contributed by atoms with Gasteiger partial charge in [-0.2, -0.15) is 13.2 Å². The second-order valence-corrected chi connectivity index (χ2v) is 7.30. The zero-order valence-corrected chi connectivity index (χ0v) is 15.4. The Morgan fingerprint density at radius 3 is 2.46 bits per heavy atom. The second kappa shape index (κ2) is 7.61. The van der Waals surface area contributed by atoms with Gasteiger partial charge in [0.25, 0.3) is 0 Å². The van der Waals surface area contributed by atoms with Gasteiger partial charge < -0.3 is 10.5 Å². The van der Waals surface area contributed by atoms with E-state index >= 15 is 0 Å². The fourth-order valence-electron chi connectivity index (χ4n) is 2.83. The first-order valence-electron chi connectivity index (χ1n) is 8.40.